The molecular weight excluding hydrogens is 458 g/mol. The SMILES string of the molecule is CCC(C)(F)c1cc(NC(=O)N(CCNC2CC2)c2ccc(-c3cccc(C#N)c3)cc2)ccc1F. The summed E-state index contributed by atoms with van der Waals surface area (Å²) in [5.74, 6) is -0.638. The molecule has 0 heterocycles. The predicted molar refractivity (Wildman–Crippen MR) is 139 cm³/mol. The fraction of sp³-hybridized carbons (Fsp3) is 0.310. The number of carbonyl (C=O) groups excluding carboxylic acids is 1. The normalized spacial score (nSPS) is 14.5. The van der Waals surface area contributed by atoms with Crippen LogP contribution in [0, 0.1) is 17.1 Å². The van der Waals surface area contributed by atoms with Crippen molar-refractivity contribution in [2.75, 3.05) is 23.3 Å². The largest absolute Gasteiger partial charge is 0.326 e. The molecule has 1 unspecified atom stereocenters. The standard InChI is InChI=1S/C29H30F2N4O/c1-3-29(2,31)26-18-24(11-14-27(26)30)34-28(36)35(16-15-33-23-9-10-23)25-12-7-21(8-13-25)22-6-4-5-20(17-22)19-32/h4-8,11-14,17-18,23,33H,3,9-10,15-16H2,1-2H3,(H,34,36). The average Bonchev–Trinajstić information content (AvgIpc) is 3.72. The molecule has 1 aliphatic carbocycles. The first-order valence-corrected chi connectivity index (χ1v) is 12.2. The van der Waals surface area contributed by atoms with Gasteiger partial charge in [-0.25, -0.2) is 13.6 Å². The maximum absolute atomic E-state index is 14.8. The van der Waals surface area contributed by atoms with E-state index in [4.69, 9.17) is 0 Å². The van der Waals surface area contributed by atoms with Crippen LogP contribution >= 0.6 is 0 Å². The molecule has 36 heavy (non-hydrogen) atoms. The fourth-order valence-corrected chi connectivity index (χ4v) is 4.00. The van der Waals surface area contributed by atoms with E-state index >= 15 is 0 Å². The van der Waals surface area contributed by atoms with Crippen LogP contribution in [0.2, 0.25) is 0 Å². The van der Waals surface area contributed by atoms with Crippen molar-refractivity contribution < 1.29 is 13.6 Å². The summed E-state index contributed by atoms with van der Waals surface area (Å²) < 4.78 is 29.1. The summed E-state index contributed by atoms with van der Waals surface area (Å²) in [6.45, 7) is 4.03. The highest BCUT2D eigenvalue weighted by Crippen LogP contribution is 2.33. The molecule has 3 aromatic rings. The lowest BCUT2D eigenvalue weighted by Crippen LogP contribution is -2.40. The van der Waals surface area contributed by atoms with Crippen LogP contribution in [0.3, 0.4) is 0 Å². The third kappa shape index (κ3) is 6.07. The molecule has 4 rings (SSSR count). The lowest BCUT2D eigenvalue weighted by atomic mass is 9.94. The third-order valence-corrected chi connectivity index (χ3v) is 6.54. The summed E-state index contributed by atoms with van der Waals surface area (Å²) in [6, 6.07) is 21.1. The molecule has 0 spiro atoms. The summed E-state index contributed by atoms with van der Waals surface area (Å²) in [5.41, 5.74) is 1.53. The highest BCUT2D eigenvalue weighted by atomic mass is 19.1. The number of rotatable bonds is 9. The fourth-order valence-electron chi connectivity index (χ4n) is 4.00. The van der Waals surface area contributed by atoms with E-state index in [9.17, 15) is 18.8 Å². The highest BCUT2D eigenvalue weighted by molar-refractivity contribution is 6.02. The zero-order chi connectivity index (χ0) is 25.7. The van der Waals surface area contributed by atoms with Crippen molar-refractivity contribution in [2.24, 2.45) is 0 Å². The minimum Gasteiger partial charge on any atom is -0.312 e. The summed E-state index contributed by atoms with van der Waals surface area (Å²) >= 11 is 0. The van der Waals surface area contributed by atoms with E-state index in [-0.39, 0.29) is 18.0 Å². The number of nitrogens with one attached hydrogen (secondary N) is 2. The molecule has 1 saturated carbocycles. The number of benzene rings is 3. The van der Waals surface area contributed by atoms with Crippen molar-refractivity contribution in [1.29, 1.82) is 5.26 Å². The van der Waals surface area contributed by atoms with Gasteiger partial charge in [0.1, 0.15) is 11.5 Å². The highest BCUT2D eigenvalue weighted by Gasteiger charge is 2.28. The van der Waals surface area contributed by atoms with Gasteiger partial charge in [-0.2, -0.15) is 5.26 Å². The Morgan fingerprint density at radius 3 is 2.53 bits per heavy atom. The quantitative estimate of drug-likeness (QED) is 0.350. The van der Waals surface area contributed by atoms with Gasteiger partial charge in [-0.1, -0.05) is 31.2 Å². The molecule has 0 aromatic heterocycles. The Balaban J connectivity index is 1.56. The number of amides is 2. The van der Waals surface area contributed by atoms with Crippen LogP contribution < -0.4 is 15.5 Å². The van der Waals surface area contributed by atoms with E-state index in [0.717, 1.165) is 24.0 Å². The molecule has 1 atom stereocenters. The smallest absolute Gasteiger partial charge is 0.312 e. The van der Waals surface area contributed by atoms with Crippen molar-refractivity contribution in [2.45, 2.75) is 44.8 Å². The molecule has 0 aliphatic heterocycles. The first-order valence-electron chi connectivity index (χ1n) is 12.2. The number of anilines is 2. The van der Waals surface area contributed by atoms with Crippen LogP contribution in [-0.2, 0) is 5.67 Å². The zero-order valence-electron chi connectivity index (χ0n) is 20.5. The van der Waals surface area contributed by atoms with Gasteiger partial charge in [0.2, 0.25) is 0 Å². The molecule has 3 aromatic carbocycles. The van der Waals surface area contributed by atoms with Crippen LogP contribution in [0.4, 0.5) is 25.0 Å². The Labute approximate surface area is 210 Å². The second-order valence-electron chi connectivity index (χ2n) is 9.30. The summed E-state index contributed by atoms with van der Waals surface area (Å²) in [4.78, 5) is 14.9. The molecule has 1 aliphatic rings. The van der Waals surface area contributed by atoms with Gasteiger partial charge in [0, 0.05) is 36.1 Å². The molecule has 2 amide bonds. The summed E-state index contributed by atoms with van der Waals surface area (Å²) in [7, 11) is 0. The van der Waals surface area contributed by atoms with Crippen LogP contribution in [0.5, 0.6) is 0 Å². The van der Waals surface area contributed by atoms with Gasteiger partial charge in [-0.15, -0.1) is 0 Å². The monoisotopic (exact) mass is 488 g/mol. The Morgan fingerprint density at radius 2 is 1.86 bits per heavy atom. The lowest BCUT2D eigenvalue weighted by molar-refractivity contribution is 0.179. The first kappa shape index (κ1) is 25.3. The Hall–Kier alpha value is -3.76. The molecular formula is C29H30F2N4O. The van der Waals surface area contributed by atoms with E-state index in [1.54, 1.807) is 17.9 Å². The second kappa shape index (κ2) is 10.9. The van der Waals surface area contributed by atoms with E-state index in [0.29, 0.717) is 36.1 Å². The topological polar surface area (TPSA) is 68.2 Å². The van der Waals surface area contributed by atoms with Crippen molar-refractivity contribution in [1.82, 2.24) is 5.32 Å². The molecule has 0 saturated heterocycles. The number of halogens is 2. The van der Waals surface area contributed by atoms with Crippen molar-refractivity contribution in [3.05, 3.63) is 83.7 Å². The van der Waals surface area contributed by atoms with E-state index in [2.05, 4.69) is 16.7 Å². The number of urea groups is 1. The van der Waals surface area contributed by atoms with Crippen LogP contribution in [0.1, 0.15) is 44.2 Å². The Kier molecular flexibility index (Phi) is 7.66. The minimum atomic E-state index is -1.84. The predicted octanol–water partition coefficient (Wildman–Crippen LogP) is 6.75. The zero-order valence-corrected chi connectivity index (χ0v) is 20.5. The number of carbonyl (C=O) groups is 1. The van der Waals surface area contributed by atoms with Gasteiger partial charge in [0.05, 0.1) is 11.6 Å². The van der Waals surface area contributed by atoms with Gasteiger partial charge in [-0.3, -0.25) is 4.90 Å². The molecule has 1 fully saturated rings. The number of hydrogen-bond donors (Lipinski definition) is 2. The number of hydrogen-bond acceptors (Lipinski definition) is 3. The van der Waals surface area contributed by atoms with Crippen molar-refractivity contribution >= 4 is 17.4 Å². The molecule has 7 heteroatoms. The maximum Gasteiger partial charge on any atom is 0.326 e. The van der Waals surface area contributed by atoms with E-state index < -0.39 is 11.5 Å². The Bertz CT molecular complexity index is 1260. The van der Waals surface area contributed by atoms with Gasteiger partial charge >= 0.3 is 6.03 Å². The van der Waals surface area contributed by atoms with E-state index in [1.165, 1.54) is 25.1 Å². The number of alkyl halides is 1. The second-order valence-corrected chi connectivity index (χ2v) is 9.30. The van der Waals surface area contributed by atoms with E-state index in [1.807, 2.05) is 42.5 Å². The molecule has 5 nitrogen and oxygen atoms in total. The van der Waals surface area contributed by atoms with Crippen LogP contribution in [-0.4, -0.2) is 25.2 Å². The van der Waals surface area contributed by atoms with Crippen molar-refractivity contribution in [3.63, 3.8) is 0 Å². The molecule has 0 radical (unpaired) electrons. The van der Waals surface area contributed by atoms with Crippen LogP contribution in [0.15, 0.2) is 66.7 Å². The maximum atomic E-state index is 14.8. The Morgan fingerprint density at radius 1 is 1.11 bits per heavy atom. The van der Waals surface area contributed by atoms with Gasteiger partial charge < -0.3 is 10.6 Å². The lowest BCUT2D eigenvalue weighted by Gasteiger charge is -2.25. The molecule has 0 bridgehead atoms. The number of nitrogens with zero attached hydrogens (tertiary/aromatic N) is 2. The number of nitriles is 1. The van der Waals surface area contributed by atoms with Gasteiger partial charge in [0.15, 0.2) is 0 Å². The minimum absolute atomic E-state index is 0.0753. The average molecular weight is 489 g/mol. The molecule has 186 valence electrons. The summed E-state index contributed by atoms with van der Waals surface area (Å²) in [5, 5.41) is 15.4. The van der Waals surface area contributed by atoms with Gasteiger partial charge in [-0.05, 0) is 79.8 Å². The third-order valence-electron chi connectivity index (χ3n) is 6.54. The van der Waals surface area contributed by atoms with Crippen molar-refractivity contribution in [3.8, 4) is 17.2 Å². The van der Waals surface area contributed by atoms with Gasteiger partial charge in [0.25, 0.3) is 0 Å². The first-order chi connectivity index (χ1) is 17.3. The van der Waals surface area contributed by atoms with Crippen LogP contribution in [0.25, 0.3) is 11.1 Å². The summed E-state index contributed by atoms with van der Waals surface area (Å²) in [6.07, 6.45) is 2.39. The molecule has 2 N–H and O–H groups in total.